The molecule has 0 aliphatic heterocycles. The van der Waals surface area contributed by atoms with Crippen molar-refractivity contribution >= 4 is 21.5 Å². The predicted octanol–water partition coefficient (Wildman–Crippen LogP) is 13.2. The van der Waals surface area contributed by atoms with Gasteiger partial charge >= 0.3 is 0 Å². The molecule has 0 unspecified atom stereocenters. The summed E-state index contributed by atoms with van der Waals surface area (Å²) in [4.78, 5) is 17.0. The van der Waals surface area contributed by atoms with Crippen molar-refractivity contribution in [3.8, 4) is 77.9 Å². The zero-order valence-corrected chi connectivity index (χ0v) is 30.4. The van der Waals surface area contributed by atoms with Crippen LogP contribution in [0.25, 0.3) is 99.4 Å². The second-order valence-electron chi connectivity index (χ2n) is 14.1. The van der Waals surface area contributed by atoms with E-state index in [1.807, 2.05) is 24.8 Å². The lowest BCUT2D eigenvalue weighted by Gasteiger charge is -2.16. The lowest BCUT2D eigenvalue weighted by atomic mass is 9.88. The van der Waals surface area contributed by atoms with E-state index in [0.717, 1.165) is 66.8 Å². The normalized spacial score (nSPS) is 11.2. The molecule has 0 spiro atoms. The first-order valence-corrected chi connectivity index (χ1v) is 18.7. The Labute approximate surface area is 325 Å². The third-order valence-electron chi connectivity index (χ3n) is 10.6. The minimum atomic E-state index is 0.994. The summed E-state index contributed by atoms with van der Waals surface area (Å²) < 4.78 is 0. The molecule has 0 radical (unpaired) electrons. The molecule has 0 atom stereocenters. The average molecular weight is 715 g/mol. The van der Waals surface area contributed by atoms with E-state index in [0.29, 0.717) is 0 Å². The molecule has 0 N–H and O–H groups in total. The summed E-state index contributed by atoms with van der Waals surface area (Å²) >= 11 is 0. The van der Waals surface area contributed by atoms with Crippen LogP contribution in [-0.4, -0.2) is 19.9 Å². The molecule has 0 fully saturated rings. The highest BCUT2D eigenvalue weighted by molar-refractivity contribution is 6.14. The molecule has 10 rings (SSSR count). The maximum Gasteiger partial charge on any atom is 0.115 e. The summed E-state index contributed by atoms with van der Waals surface area (Å²) in [5.41, 5.74) is 15.7. The van der Waals surface area contributed by atoms with Crippen LogP contribution in [0, 0.1) is 0 Å². The van der Waals surface area contributed by atoms with Gasteiger partial charge < -0.3 is 0 Å². The minimum absolute atomic E-state index is 0.994. The average Bonchev–Trinajstić information content (AvgIpc) is 3.29. The zero-order valence-electron chi connectivity index (χ0n) is 30.4. The highest BCUT2D eigenvalue weighted by Crippen LogP contribution is 2.40. The smallest absolute Gasteiger partial charge is 0.115 e. The Hall–Kier alpha value is -7.56. The van der Waals surface area contributed by atoms with Crippen LogP contribution in [0.3, 0.4) is 0 Å². The molecule has 10 aromatic rings. The number of nitrogens with zero attached hydrogens (tertiary/aromatic N) is 4. The van der Waals surface area contributed by atoms with Gasteiger partial charge in [0.2, 0.25) is 0 Å². The van der Waals surface area contributed by atoms with Crippen LogP contribution in [-0.2, 0) is 0 Å². The second kappa shape index (κ2) is 14.3. The number of benzene rings is 8. The van der Waals surface area contributed by atoms with Crippen LogP contribution in [0.1, 0.15) is 0 Å². The third kappa shape index (κ3) is 6.40. The SMILES string of the molecule is c1cc(-c2cncnc2)cc(-c2cccc(-c3cc(-c4cccc(-c5cccc(-c6cncnc6)c5)c4)cc(-c4cc5ccccc5c5ccccc45)c3)c2)c1. The molecule has 0 amide bonds. The molecule has 2 heterocycles. The molecule has 8 aromatic carbocycles. The number of hydrogen-bond acceptors (Lipinski definition) is 4. The molecule has 0 saturated heterocycles. The van der Waals surface area contributed by atoms with Crippen molar-refractivity contribution in [2.45, 2.75) is 0 Å². The lowest BCUT2D eigenvalue weighted by molar-refractivity contribution is 1.17. The van der Waals surface area contributed by atoms with E-state index in [1.165, 1.54) is 32.7 Å². The Morgan fingerprint density at radius 2 is 0.571 bits per heavy atom. The van der Waals surface area contributed by atoms with Crippen LogP contribution >= 0.6 is 0 Å². The predicted molar refractivity (Wildman–Crippen MR) is 231 cm³/mol. The number of fused-ring (bicyclic) bond motifs is 3. The van der Waals surface area contributed by atoms with Crippen molar-refractivity contribution in [2.75, 3.05) is 0 Å². The number of rotatable bonds is 7. The first kappa shape index (κ1) is 33.0. The molecular weight excluding hydrogens is 681 g/mol. The highest BCUT2D eigenvalue weighted by Gasteiger charge is 2.14. The van der Waals surface area contributed by atoms with Gasteiger partial charge in [-0.15, -0.1) is 0 Å². The van der Waals surface area contributed by atoms with Crippen molar-refractivity contribution in [3.63, 3.8) is 0 Å². The van der Waals surface area contributed by atoms with Crippen LogP contribution < -0.4 is 0 Å². The Bertz CT molecular complexity index is 2880. The van der Waals surface area contributed by atoms with E-state index >= 15 is 0 Å². The fourth-order valence-electron chi connectivity index (χ4n) is 7.82. The van der Waals surface area contributed by atoms with Crippen molar-refractivity contribution in [1.29, 1.82) is 0 Å². The molecule has 2 aromatic heterocycles. The molecule has 0 bridgehead atoms. The van der Waals surface area contributed by atoms with Gasteiger partial charge in [0.25, 0.3) is 0 Å². The van der Waals surface area contributed by atoms with Crippen molar-refractivity contribution in [3.05, 3.63) is 207 Å². The fraction of sp³-hybridized carbons (Fsp3) is 0. The molecular formula is C52H34N4. The van der Waals surface area contributed by atoms with Crippen LogP contribution in [0.2, 0.25) is 0 Å². The van der Waals surface area contributed by atoms with Crippen LogP contribution in [0.5, 0.6) is 0 Å². The van der Waals surface area contributed by atoms with E-state index < -0.39 is 0 Å². The maximum atomic E-state index is 4.24. The lowest BCUT2D eigenvalue weighted by Crippen LogP contribution is -1.90. The van der Waals surface area contributed by atoms with Crippen LogP contribution in [0.4, 0.5) is 0 Å². The summed E-state index contributed by atoms with van der Waals surface area (Å²) in [6, 6.07) is 61.8. The van der Waals surface area contributed by atoms with Crippen LogP contribution in [0.15, 0.2) is 207 Å². The Kier molecular flexibility index (Phi) is 8.47. The van der Waals surface area contributed by atoms with Gasteiger partial charge in [-0.2, -0.15) is 0 Å². The van der Waals surface area contributed by atoms with Crippen molar-refractivity contribution < 1.29 is 0 Å². The minimum Gasteiger partial charge on any atom is -0.244 e. The molecule has 4 heteroatoms. The molecule has 0 aliphatic rings. The zero-order chi connectivity index (χ0) is 37.3. The Morgan fingerprint density at radius 3 is 1.04 bits per heavy atom. The number of aromatic nitrogens is 4. The highest BCUT2D eigenvalue weighted by atomic mass is 14.8. The van der Waals surface area contributed by atoms with Gasteiger partial charge in [-0.3, -0.25) is 0 Å². The molecule has 262 valence electrons. The fourth-order valence-corrected chi connectivity index (χ4v) is 7.82. The summed E-state index contributed by atoms with van der Waals surface area (Å²) in [6.07, 6.45) is 10.6. The van der Waals surface area contributed by atoms with Crippen molar-refractivity contribution in [1.82, 2.24) is 19.9 Å². The topological polar surface area (TPSA) is 51.6 Å². The van der Waals surface area contributed by atoms with Gasteiger partial charge in [0, 0.05) is 35.9 Å². The first-order chi connectivity index (χ1) is 27.7. The van der Waals surface area contributed by atoms with Gasteiger partial charge in [0.05, 0.1) is 0 Å². The Balaban J connectivity index is 1.13. The molecule has 56 heavy (non-hydrogen) atoms. The summed E-state index contributed by atoms with van der Waals surface area (Å²) in [5, 5.41) is 4.98. The summed E-state index contributed by atoms with van der Waals surface area (Å²) in [5.74, 6) is 0. The largest absolute Gasteiger partial charge is 0.244 e. The second-order valence-corrected chi connectivity index (χ2v) is 14.1. The monoisotopic (exact) mass is 714 g/mol. The molecule has 4 nitrogen and oxygen atoms in total. The Morgan fingerprint density at radius 1 is 0.232 bits per heavy atom. The van der Waals surface area contributed by atoms with E-state index in [9.17, 15) is 0 Å². The van der Waals surface area contributed by atoms with Gasteiger partial charge in [-0.05, 0) is 137 Å². The molecule has 0 aliphatic carbocycles. The van der Waals surface area contributed by atoms with E-state index in [-0.39, 0.29) is 0 Å². The first-order valence-electron chi connectivity index (χ1n) is 18.7. The van der Waals surface area contributed by atoms with Crippen molar-refractivity contribution in [2.24, 2.45) is 0 Å². The van der Waals surface area contributed by atoms with E-state index in [1.54, 1.807) is 12.7 Å². The van der Waals surface area contributed by atoms with E-state index in [2.05, 4.69) is 190 Å². The quantitative estimate of drug-likeness (QED) is 0.154. The molecule has 0 saturated carbocycles. The summed E-state index contributed by atoms with van der Waals surface area (Å²) in [6.45, 7) is 0. The van der Waals surface area contributed by atoms with Gasteiger partial charge in [-0.25, -0.2) is 19.9 Å². The third-order valence-corrected chi connectivity index (χ3v) is 10.6. The number of hydrogen-bond donors (Lipinski definition) is 0. The standard InChI is InChI=1S/C52H34N4/c1-2-18-49-43(9-1)28-52(51-20-4-3-19-50(49)51)46-26-44(39-14-5-10-35(21-39)37-12-7-16-41(23-37)47-29-53-33-54-30-47)25-45(27-46)40-15-6-11-36(22-40)38-13-8-17-42(24-38)48-31-55-34-56-32-48/h1-34H. The van der Waals surface area contributed by atoms with E-state index in [4.69, 9.17) is 0 Å². The van der Waals surface area contributed by atoms with Gasteiger partial charge in [0.15, 0.2) is 0 Å². The maximum absolute atomic E-state index is 4.24. The van der Waals surface area contributed by atoms with Gasteiger partial charge in [0.1, 0.15) is 12.7 Å². The van der Waals surface area contributed by atoms with Gasteiger partial charge in [-0.1, -0.05) is 121 Å². The summed E-state index contributed by atoms with van der Waals surface area (Å²) in [7, 11) is 0.